The molecule has 0 aliphatic carbocycles. The Morgan fingerprint density at radius 2 is 2.17 bits per heavy atom. The van der Waals surface area contributed by atoms with E-state index in [0.29, 0.717) is 10.2 Å². The minimum absolute atomic E-state index is 0.0721. The molecule has 0 amide bonds. The van der Waals surface area contributed by atoms with E-state index in [1.807, 2.05) is 13.8 Å². The lowest BCUT2D eigenvalue weighted by molar-refractivity contribution is -0.137. The third-order valence-corrected chi connectivity index (χ3v) is 3.25. The molecule has 0 radical (unpaired) electrons. The summed E-state index contributed by atoms with van der Waals surface area (Å²) in [6, 6.07) is 0. The molecule has 104 valence electrons. The minimum atomic E-state index is -4.17. The van der Waals surface area contributed by atoms with Crippen molar-refractivity contribution < 1.29 is 17.9 Å². The zero-order valence-corrected chi connectivity index (χ0v) is 11.9. The molecule has 1 heterocycles. The first-order valence-corrected chi connectivity index (χ1v) is 6.51. The van der Waals surface area contributed by atoms with Crippen LogP contribution in [0.25, 0.3) is 0 Å². The van der Waals surface area contributed by atoms with E-state index in [1.54, 1.807) is 0 Å². The van der Waals surface area contributed by atoms with Gasteiger partial charge < -0.3 is 4.74 Å². The van der Waals surface area contributed by atoms with Gasteiger partial charge in [0.05, 0.1) is 35.5 Å². The molecule has 0 spiro atoms. The van der Waals surface area contributed by atoms with Gasteiger partial charge in [0.1, 0.15) is 0 Å². The summed E-state index contributed by atoms with van der Waals surface area (Å²) in [6.07, 6.45) is -2.65. The van der Waals surface area contributed by atoms with Crippen LogP contribution in [0.1, 0.15) is 32.4 Å². The first-order chi connectivity index (χ1) is 8.33. The molecule has 0 saturated heterocycles. The summed E-state index contributed by atoms with van der Waals surface area (Å²) >= 11 is 3.27. The van der Waals surface area contributed by atoms with E-state index in [9.17, 15) is 13.2 Å². The van der Waals surface area contributed by atoms with E-state index in [-0.39, 0.29) is 19.3 Å². The minimum Gasteiger partial charge on any atom is -0.372 e. The van der Waals surface area contributed by atoms with Crippen molar-refractivity contribution in [2.75, 3.05) is 0 Å². The first kappa shape index (κ1) is 15.5. The lowest BCUT2D eigenvalue weighted by atomic mass is 10.3. The van der Waals surface area contributed by atoms with Gasteiger partial charge in [-0.15, -0.1) is 0 Å². The number of hydrogen-bond donors (Lipinski definition) is 0. The van der Waals surface area contributed by atoms with Crippen molar-refractivity contribution in [1.82, 2.24) is 9.78 Å². The van der Waals surface area contributed by atoms with Gasteiger partial charge in [0.15, 0.2) is 0 Å². The summed E-state index contributed by atoms with van der Waals surface area (Å²) in [5.74, 6) is 0. The molecular weight excluding hydrogens is 313 g/mol. The van der Waals surface area contributed by atoms with Crippen molar-refractivity contribution in [1.29, 1.82) is 0 Å². The van der Waals surface area contributed by atoms with E-state index in [2.05, 4.69) is 21.0 Å². The monoisotopic (exact) mass is 328 g/mol. The molecule has 1 rings (SSSR count). The number of rotatable bonds is 6. The molecule has 0 bridgehead atoms. The fourth-order valence-electron chi connectivity index (χ4n) is 1.30. The van der Waals surface area contributed by atoms with Crippen molar-refractivity contribution in [2.45, 2.75) is 52.1 Å². The molecule has 1 aromatic heterocycles. The largest absolute Gasteiger partial charge is 0.390 e. The predicted molar refractivity (Wildman–Crippen MR) is 65.1 cm³/mol. The Balaban J connectivity index is 2.63. The quantitative estimate of drug-likeness (QED) is 0.791. The third kappa shape index (κ3) is 4.97. The molecule has 0 N–H and O–H groups in total. The molecule has 3 nitrogen and oxygen atoms in total. The van der Waals surface area contributed by atoms with E-state index < -0.39 is 12.6 Å². The van der Waals surface area contributed by atoms with Gasteiger partial charge in [-0.2, -0.15) is 18.3 Å². The second-order valence-electron chi connectivity index (χ2n) is 4.06. The van der Waals surface area contributed by atoms with Crippen molar-refractivity contribution in [3.8, 4) is 0 Å². The number of ether oxygens (including phenoxy) is 1. The number of halogens is 4. The van der Waals surface area contributed by atoms with Crippen LogP contribution in [0, 0.1) is 0 Å². The van der Waals surface area contributed by atoms with E-state index in [0.717, 1.165) is 6.42 Å². The molecule has 18 heavy (non-hydrogen) atoms. The number of aromatic nitrogens is 2. The standard InChI is InChI=1S/C11H16BrF3N2O/c1-3-8(2)18-7-10-9(12)6-16-17(10)5-4-11(13,14)15/h6,8H,3-5,7H2,1-2H3/t8-/m1/s1. The molecular formula is C11H16BrF3N2O. The maximum atomic E-state index is 12.2. The molecule has 0 unspecified atom stereocenters. The molecule has 0 aliphatic heterocycles. The molecule has 1 atom stereocenters. The van der Waals surface area contributed by atoms with Crippen LogP contribution in [0.15, 0.2) is 10.7 Å². The lowest BCUT2D eigenvalue weighted by Gasteiger charge is -2.13. The van der Waals surface area contributed by atoms with E-state index >= 15 is 0 Å². The maximum Gasteiger partial charge on any atom is 0.390 e. The summed E-state index contributed by atoms with van der Waals surface area (Å²) < 4.78 is 44.0. The second kappa shape index (κ2) is 6.56. The molecule has 0 fully saturated rings. The smallest absolute Gasteiger partial charge is 0.372 e. The summed E-state index contributed by atoms with van der Waals surface area (Å²) in [4.78, 5) is 0. The van der Waals surface area contributed by atoms with E-state index in [1.165, 1.54) is 10.9 Å². The van der Waals surface area contributed by atoms with Gasteiger partial charge in [0.25, 0.3) is 0 Å². The number of alkyl halides is 3. The summed E-state index contributed by atoms with van der Waals surface area (Å²) in [6.45, 7) is 3.98. The van der Waals surface area contributed by atoms with Gasteiger partial charge in [-0.05, 0) is 29.3 Å². The van der Waals surface area contributed by atoms with Crippen molar-refractivity contribution in [2.24, 2.45) is 0 Å². The molecule has 0 aromatic carbocycles. The van der Waals surface area contributed by atoms with Gasteiger partial charge in [-0.3, -0.25) is 4.68 Å². The highest BCUT2D eigenvalue weighted by atomic mass is 79.9. The Morgan fingerprint density at radius 1 is 1.50 bits per heavy atom. The average Bonchev–Trinajstić information content (AvgIpc) is 2.63. The van der Waals surface area contributed by atoms with Crippen LogP contribution in [-0.4, -0.2) is 22.1 Å². The highest BCUT2D eigenvalue weighted by Gasteiger charge is 2.27. The van der Waals surface area contributed by atoms with Crippen LogP contribution >= 0.6 is 15.9 Å². The zero-order valence-electron chi connectivity index (χ0n) is 10.3. The molecule has 7 heteroatoms. The predicted octanol–water partition coefficient (Wildman–Crippen LogP) is 3.91. The summed E-state index contributed by atoms with van der Waals surface area (Å²) in [7, 11) is 0. The van der Waals surface area contributed by atoms with Crippen LogP contribution in [0.2, 0.25) is 0 Å². The SMILES string of the molecule is CC[C@@H](C)OCc1c(Br)cnn1CCC(F)(F)F. The van der Waals surface area contributed by atoms with Gasteiger partial charge in [0, 0.05) is 6.54 Å². The molecule has 0 saturated carbocycles. The zero-order chi connectivity index (χ0) is 13.8. The van der Waals surface area contributed by atoms with Gasteiger partial charge in [0.2, 0.25) is 0 Å². The van der Waals surface area contributed by atoms with Crippen LogP contribution in [0.5, 0.6) is 0 Å². The number of aryl methyl sites for hydroxylation is 1. The Labute approximate surface area is 112 Å². The Bertz CT molecular complexity index is 379. The molecule has 1 aromatic rings. The topological polar surface area (TPSA) is 27.1 Å². The van der Waals surface area contributed by atoms with Crippen molar-refractivity contribution in [3.63, 3.8) is 0 Å². The Kier molecular flexibility index (Phi) is 5.65. The Hall–Kier alpha value is -0.560. The molecule has 0 aliphatic rings. The highest BCUT2D eigenvalue weighted by Crippen LogP contribution is 2.23. The summed E-state index contributed by atoms with van der Waals surface area (Å²) in [5.41, 5.74) is 0.638. The van der Waals surface area contributed by atoms with Crippen molar-refractivity contribution >= 4 is 15.9 Å². The van der Waals surface area contributed by atoms with Crippen LogP contribution in [0.4, 0.5) is 13.2 Å². The van der Waals surface area contributed by atoms with Crippen LogP contribution < -0.4 is 0 Å². The summed E-state index contributed by atoms with van der Waals surface area (Å²) in [5, 5.41) is 3.91. The number of nitrogens with zero attached hydrogens (tertiary/aromatic N) is 2. The fraction of sp³-hybridized carbons (Fsp3) is 0.727. The first-order valence-electron chi connectivity index (χ1n) is 5.72. The normalized spacial score (nSPS) is 13.9. The highest BCUT2D eigenvalue weighted by molar-refractivity contribution is 9.10. The van der Waals surface area contributed by atoms with Gasteiger partial charge >= 0.3 is 6.18 Å². The van der Waals surface area contributed by atoms with Crippen LogP contribution in [0.3, 0.4) is 0 Å². The third-order valence-electron chi connectivity index (χ3n) is 2.58. The van der Waals surface area contributed by atoms with Gasteiger partial charge in [-0.25, -0.2) is 0 Å². The Morgan fingerprint density at radius 3 is 2.72 bits per heavy atom. The van der Waals surface area contributed by atoms with E-state index in [4.69, 9.17) is 4.74 Å². The fourth-order valence-corrected chi connectivity index (χ4v) is 1.71. The number of hydrogen-bond acceptors (Lipinski definition) is 2. The van der Waals surface area contributed by atoms with Crippen molar-refractivity contribution in [3.05, 3.63) is 16.4 Å². The average molecular weight is 329 g/mol. The van der Waals surface area contributed by atoms with Gasteiger partial charge in [-0.1, -0.05) is 6.92 Å². The maximum absolute atomic E-state index is 12.2. The second-order valence-corrected chi connectivity index (χ2v) is 4.91. The lowest BCUT2D eigenvalue weighted by Crippen LogP contribution is -2.16. The van der Waals surface area contributed by atoms with Crippen LogP contribution in [-0.2, 0) is 17.9 Å².